The van der Waals surface area contributed by atoms with Gasteiger partial charge in [-0.05, 0) is 178 Å². The number of likely N-dealkylation sites (tertiary alicyclic amines) is 2. The maximum atomic E-state index is 13.4. The van der Waals surface area contributed by atoms with Gasteiger partial charge in [-0.2, -0.15) is 0 Å². The first-order valence-corrected chi connectivity index (χ1v) is 32.3. The van der Waals surface area contributed by atoms with E-state index in [2.05, 4.69) is 21.3 Å². The number of carbonyl (C=O) groups excluding carboxylic acids is 5. The number of aromatic nitrogens is 2. The van der Waals surface area contributed by atoms with Gasteiger partial charge < -0.3 is 60.6 Å². The second-order valence-electron chi connectivity index (χ2n) is 27.2. The molecule has 0 radical (unpaired) electrons. The Hall–Kier alpha value is -7.71. The fourth-order valence-corrected chi connectivity index (χ4v) is 12.6. The van der Waals surface area contributed by atoms with E-state index in [0.717, 1.165) is 131 Å². The number of nitrogens with two attached hydrogens (primary N) is 1. The summed E-state index contributed by atoms with van der Waals surface area (Å²) in [4.78, 5) is 79.9. The summed E-state index contributed by atoms with van der Waals surface area (Å²) in [5, 5.41) is 34.0. The predicted molar refractivity (Wildman–Crippen MR) is 335 cm³/mol. The molecule has 7 aliphatic rings. The molecule has 21 nitrogen and oxygen atoms in total. The summed E-state index contributed by atoms with van der Waals surface area (Å²) < 4.78 is 23.6. The van der Waals surface area contributed by atoms with Crippen LogP contribution in [0.25, 0.3) is 22.5 Å². The van der Waals surface area contributed by atoms with Gasteiger partial charge in [-0.3, -0.25) is 5.32 Å². The predicted octanol–water partition coefficient (Wildman–Crippen LogP) is 12.8. The van der Waals surface area contributed by atoms with Crippen molar-refractivity contribution in [3.8, 4) is 45.5 Å². The number of fused-ring (bicyclic) bond motifs is 1. The summed E-state index contributed by atoms with van der Waals surface area (Å²) in [6.45, 7) is 14.6. The lowest BCUT2D eigenvalue weighted by molar-refractivity contribution is 0.0188. The summed E-state index contributed by atoms with van der Waals surface area (Å²) in [6.07, 6.45) is 17.6. The normalized spacial score (nSPS) is 20.1. The molecule has 2 unspecified atom stereocenters. The summed E-state index contributed by atoms with van der Waals surface area (Å²) in [5.74, 6) is 2.66. The van der Waals surface area contributed by atoms with E-state index in [1.807, 2.05) is 65.8 Å². The maximum absolute atomic E-state index is 13.4. The molecule has 0 bridgehead atoms. The first-order chi connectivity index (χ1) is 42.1. The molecule has 4 aromatic rings. The minimum atomic E-state index is -0.620. The molecule has 476 valence electrons. The molecular formula is C67H92N10O11. The molecule has 2 aromatic carbocycles. The van der Waals surface area contributed by atoms with Crippen molar-refractivity contribution in [1.29, 1.82) is 0 Å². The summed E-state index contributed by atoms with van der Waals surface area (Å²) in [7, 11) is 0. The molecular weight excluding hydrogens is 1120 g/mol. The molecule has 4 saturated carbocycles. The molecule has 4 aliphatic carbocycles. The zero-order chi connectivity index (χ0) is 62.3. The number of nitrogen functional groups attached to an aromatic ring is 1. The topological polar surface area (TPSA) is 272 Å². The Morgan fingerprint density at radius 2 is 1.12 bits per heavy atom. The third kappa shape index (κ3) is 16.7. The van der Waals surface area contributed by atoms with Crippen LogP contribution in [0.5, 0.6) is 23.0 Å². The molecule has 88 heavy (non-hydrogen) atoms. The molecule has 21 heteroatoms. The van der Waals surface area contributed by atoms with E-state index in [9.17, 15) is 34.2 Å². The van der Waals surface area contributed by atoms with Gasteiger partial charge in [0.05, 0.1) is 42.3 Å². The molecule has 11 rings (SSSR count). The Balaban J connectivity index is 0.000000195. The second-order valence-corrected chi connectivity index (χ2v) is 27.2. The number of benzene rings is 2. The summed E-state index contributed by atoms with van der Waals surface area (Å²) >= 11 is 0. The number of rotatable bonds is 14. The molecule has 2 atom stereocenters. The minimum Gasteiger partial charge on any atom is -0.507 e. The third-order valence-corrected chi connectivity index (χ3v) is 17.6. The number of nitrogens with one attached hydrogen (secondary N) is 4. The van der Waals surface area contributed by atoms with Crippen molar-refractivity contribution in [3.05, 3.63) is 70.8 Å². The van der Waals surface area contributed by atoms with Crippen molar-refractivity contribution in [3.63, 3.8) is 0 Å². The van der Waals surface area contributed by atoms with E-state index in [1.165, 1.54) is 11.3 Å². The number of phenolic OH excluding ortho intramolecular Hbond substituents is 2. The highest BCUT2D eigenvalue weighted by atomic mass is 16.6. The molecule has 5 heterocycles. The maximum Gasteiger partial charge on any atom is 0.410 e. The van der Waals surface area contributed by atoms with Crippen molar-refractivity contribution in [2.45, 2.75) is 205 Å². The number of phenols is 2. The molecule has 8 N–H and O–H groups in total. The van der Waals surface area contributed by atoms with E-state index in [1.54, 1.807) is 34.1 Å². The van der Waals surface area contributed by atoms with E-state index in [-0.39, 0.29) is 72.5 Å². The number of urea groups is 3. The van der Waals surface area contributed by atoms with Crippen LogP contribution in [0.1, 0.15) is 191 Å². The lowest BCUT2D eigenvalue weighted by Gasteiger charge is -2.37. The standard InChI is InChI=1S/C34H45N5O6.C33H47N5O5/c1-34(2,3)45-33(43)38-16-8-9-22(18-38)24-17-26(29-27(40)12-7-13-28(29)44-20-21-14-15-21)36-30-25(24)19-39(32(42)37-30)31(41)35-23-10-5-4-6-11-23;1-33(2,3)43-32(41)38-16-8-9-22(19-38)24-17-26(29-27(39)12-7-13-28(29)42-20-21-14-15-21)37-30(34)25(24)18-35-31(40)36-23-10-5-4-6-11-23/h7,12-13,17,21-23,40H,4-6,8-11,14-16,18-20H2,1-3H3,(H,35,41)(H,36,37,42);7,12-13,17,21-23,39H,4-6,8-11,14-16,18-20H2,1-3H3,(H2,34,37)(H2,35,36,40). The highest BCUT2D eigenvalue weighted by Gasteiger charge is 2.38. The zero-order valence-corrected chi connectivity index (χ0v) is 52.3. The molecule has 0 spiro atoms. The highest BCUT2D eigenvalue weighted by molar-refractivity contribution is 6.02. The van der Waals surface area contributed by atoms with E-state index in [4.69, 9.17) is 34.6 Å². The second kappa shape index (κ2) is 27.8. The Kier molecular flexibility index (Phi) is 20.0. The van der Waals surface area contributed by atoms with Crippen LogP contribution in [-0.2, 0) is 22.6 Å². The Labute approximate surface area is 517 Å². The van der Waals surface area contributed by atoms with Crippen LogP contribution in [0.2, 0.25) is 0 Å². The Morgan fingerprint density at radius 3 is 1.64 bits per heavy atom. The van der Waals surface area contributed by atoms with Gasteiger partial charge in [0.25, 0.3) is 0 Å². The number of piperidine rings is 2. The van der Waals surface area contributed by atoms with Crippen molar-refractivity contribution in [1.82, 2.24) is 40.6 Å². The number of nitrogens with zero attached hydrogens (tertiary/aromatic N) is 5. The van der Waals surface area contributed by atoms with Gasteiger partial charge in [-0.15, -0.1) is 0 Å². The van der Waals surface area contributed by atoms with Gasteiger partial charge >= 0.3 is 30.3 Å². The Bertz CT molecular complexity index is 3160. The smallest absolute Gasteiger partial charge is 0.410 e. The molecule has 8 amide bonds. The van der Waals surface area contributed by atoms with Crippen LogP contribution in [0.15, 0.2) is 48.5 Å². The van der Waals surface area contributed by atoms with Crippen LogP contribution in [0.4, 0.5) is 35.6 Å². The molecule has 6 fully saturated rings. The number of hydrogen-bond acceptors (Lipinski definition) is 14. The number of pyridine rings is 2. The average Bonchev–Trinajstić information content (AvgIpc) is 2.79. The fourth-order valence-electron chi connectivity index (χ4n) is 12.6. The van der Waals surface area contributed by atoms with E-state index < -0.39 is 23.3 Å². The van der Waals surface area contributed by atoms with Crippen LogP contribution >= 0.6 is 0 Å². The van der Waals surface area contributed by atoms with Crippen LogP contribution < -0.4 is 36.5 Å². The first-order valence-electron chi connectivity index (χ1n) is 32.3. The minimum absolute atomic E-state index is 0.0244. The lowest BCUT2D eigenvalue weighted by Crippen LogP contribution is -2.51. The van der Waals surface area contributed by atoms with Crippen LogP contribution in [0.3, 0.4) is 0 Å². The third-order valence-electron chi connectivity index (χ3n) is 17.6. The molecule has 3 aliphatic heterocycles. The number of anilines is 2. The SMILES string of the molecule is CC(C)(C)OC(=O)N1CCCC(c2cc(-c3c(O)cccc3OCC3CC3)nc(N)c2CNC(=O)NC2CCCCC2)C1.CC(C)(C)OC(=O)N1CCCC(c2cc(-c3c(O)cccc3OCC3CC3)nc3c2CN(C(=O)NC2CCCCC2)C(=O)N3)C1. The van der Waals surface area contributed by atoms with Crippen LogP contribution in [-0.4, -0.2) is 128 Å². The Morgan fingerprint density at radius 1 is 0.636 bits per heavy atom. The van der Waals surface area contributed by atoms with E-state index >= 15 is 0 Å². The number of ether oxygens (including phenoxy) is 4. The van der Waals surface area contributed by atoms with Gasteiger partial charge in [0, 0.05) is 67.8 Å². The number of hydrogen-bond donors (Lipinski definition) is 7. The quantitative estimate of drug-likeness (QED) is 0.0619. The largest absolute Gasteiger partial charge is 0.507 e. The average molecular weight is 1210 g/mol. The van der Waals surface area contributed by atoms with Gasteiger partial charge in [0.15, 0.2) is 0 Å². The summed E-state index contributed by atoms with van der Waals surface area (Å²) in [6, 6.07) is 13.3. The highest BCUT2D eigenvalue weighted by Crippen LogP contribution is 2.45. The number of aromatic hydroxyl groups is 2. The zero-order valence-electron chi connectivity index (χ0n) is 52.3. The number of carbonyl (C=O) groups is 5. The van der Waals surface area contributed by atoms with Crippen molar-refractivity contribution < 1.29 is 53.1 Å². The number of amides is 8. The van der Waals surface area contributed by atoms with Gasteiger partial charge in [-0.1, -0.05) is 50.7 Å². The van der Waals surface area contributed by atoms with Crippen LogP contribution in [0, 0.1) is 11.8 Å². The monoisotopic (exact) mass is 1210 g/mol. The van der Waals surface area contributed by atoms with Gasteiger partial charge in [0.1, 0.15) is 45.8 Å². The van der Waals surface area contributed by atoms with Gasteiger partial charge in [-0.25, -0.2) is 38.8 Å². The van der Waals surface area contributed by atoms with Crippen molar-refractivity contribution >= 4 is 41.9 Å². The van der Waals surface area contributed by atoms with Crippen molar-refractivity contribution in [2.24, 2.45) is 11.8 Å². The van der Waals surface area contributed by atoms with E-state index in [0.29, 0.717) is 91.1 Å². The summed E-state index contributed by atoms with van der Waals surface area (Å²) in [5.41, 5.74) is 10.5. The first kappa shape index (κ1) is 63.3. The number of imide groups is 1. The fraction of sp³-hybridized carbons (Fsp3) is 0.597. The molecule has 2 aromatic heterocycles. The van der Waals surface area contributed by atoms with Gasteiger partial charge in [0.2, 0.25) is 0 Å². The molecule has 2 saturated heterocycles. The van der Waals surface area contributed by atoms with Crippen molar-refractivity contribution in [2.75, 3.05) is 50.4 Å². The lowest BCUT2D eigenvalue weighted by atomic mass is 9.86.